The molecule has 0 radical (unpaired) electrons. The first-order valence-corrected chi connectivity index (χ1v) is 7.47. The van der Waals surface area contributed by atoms with E-state index in [4.69, 9.17) is 5.10 Å². The van der Waals surface area contributed by atoms with Crippen molar-refractivity contribution < 1.29 is 0 Å². The molecular formula is C15H23N5. The van der Waals surface area contributed by atoms with Gasteiger partial charge in [-0.05, 0) is 32.0 Å². The van der Waals surface area contributed by atoms with Crippen molar-refractivity contribution >= 4 is 0 Å². The van der Waals surface area contributed by atoms with Gasteiger partial charge in [-0.3, -0.25) is 9.36 Å². The van der Waals surface area contributed by atoms with E-state index in [1.807, 2.05) is 25.0 Å². The van der Waals surface area contributed by atoms with Crippen LogP contribution in [0.3, 0.4) is 0 Å². The molecule has 1 atom stereocenters. The lowest BCUT2D eigenvalue weighted by Gasteiger charge is -2.12. The van der Waals surface area contributed by atoms with Crippen LogP contribution in [0.2, 0.25) is 0 Å². The van der Waals surface area contributed by atoms with Crippen molar-refractivity contribution in [1.29, 1.82) is 0 Å². The average Bonchev–Trinajstić information content (AvgIpc) is 3.16. The summed E-state index contributed by atoms with van der Waals surface area (Å²) in [6.07, 6.45) is 10.2. The summed E-state index contributed by atoms with van der Waals surface area (Å²) in [5.74, 6) is 0. The van der Waals surface area contributed by atoms with E-state index in [-0.39, 0.29) is 6.04 Å². The van der Waals surface area contributed by atoms with Gasteiger partial charge in [0.25, 0.3) is 0 Å². The van der Waals surface area contributed by atoms with Crippen LogP contribution in [0.1, 0.15) is 49.2 Å². The molecule has 3 rings (SSSR count). The van der Waals surface area contributed by atoms with Crippen molar-refractivity contribution in [2.24, 2.45) is 7.05 Å². The van der Waals surface area contributed by atoms with Gasteiger partial charge >= 0.3 is 0 Å². The maximum Gasteiger partial charge on any atom is 0.0797 e. The molecule has 0 saturated heterocycles. The molecule has 20 heavy (non-hydrogen) atoms. The Hall–Kier alpha value is -1.62. The van der Waals surface area contributed by atoms with Gasteiger partial charge in [-0.1, -0.05) is 12.8 Å². The Bertz CT molecular complexity index is 550. The monoisotopic (exact) mass is 273 g/mol. The van der Waals surface area contributed by atoms with Crippen molar-refractivity contribution in [3.05, 3.63) is 35.9 Å². The second-order valence-electron chi connectivity index (χ2n) is 5.69. The summed E-state index contributed by atoms with van der Waals surface area (Å²) in [5.41, 5.74) is 2.22. The van der Waals surface area contributed by atoms with Crippen molar-refractivity contribution in [3.8, 4) is 0 Å². The van der Waals surface area contributed by atoms with E-state index in [0.717, 1.165) is 17.8 Å². The highest BCUT2D eigenvalue weighted by atomic mass is 15.3. The summed E-state index contributed by atoms with van der Waals surface area (Å²) >= 11 is 0. The summed E-state index contributed by atoms with van der Waals surface area (Å²) in [4.78, 5) is 0. The summed E-state index contributed by atoms with van der Waals surface area (Å²) in [7, 11) is 3.93. The Balaban J connectivity index is 1.69. The van der Waals surface area contributed by atoms with Crippen LogP contribution in [-0.4, -0.2) is 26.6 Å². The van der Waals surface area contributed by atoms with Gasteiger partial charge in [0.2, 0.25) is 0 Å². The Kier molecular flexibility index (Phi) is 3.87. The molecule has 1 saturated carbocycles. The van der Waals surface area contributed by atoms with E-state index in [1.54, 1.807) is 0 Å². The standard InChI is InChI=1S/C15H23N5/c1-16-15(14-8-9-19(2)18-14)11-12-7-10-20(17-12)13-5-3-4-6-13/h7-10,13,15-16H,3-6,11H2,1-2H3. The van der Waals surface area contributed by atoms with E-state index >= 15 is 0 Å². The molecule has 1 unspecified atom stereocenters. The van der Waals surface area contributed by atoms with Gasteiger partial charge in [0.1, 0.15) is 0 Å². The fourth-order valence-corrected chi connectivity index (χ4v) is 3.04. The lowest BCUT2D eigenvalue weighted by molar-refractivity contribution is 0.458. The summed E-state index contributed by atoms with van der Waals surface area (Å²) < 4.78 is 4.00. The molecule has 1 aliphatic rings. The molecule has 0 aromatic carbocycles. The molecule has 5 heteroatoms. The Morgan fingerprint density at radius 2 is 2.05 bits per heavy atom. The molecule has 2 aromatic heterocycles. The molecule has 1 fully saturated rings. The Labute approximate surface area is 120 Å². The minimum atomic E-state index is 0.225. The molecule has 0 spiro atoms. The third-order valence-electron chi connectivity index (χ3n) is 4.22. The molecule has 2 heterocycles. The van der Waals surface area contributed by atoms with Crippen molar-refractivity contribution in [3.63, 3.8) is 0 Å². The molecule has 2 aromatic rings. The zero-order valence-electron chi connectivity index (χ0n) is 12.3. The summed E-state index contributed by atoms with van der Waals surface area (Å²) in [6.45, 7) is 0. The number of hydrogen-bond acceptors (Lipinski definition) is 3. The first-order chi connectivity index (χ1) is 9.76. The van der Waals surface area contributed by atoms with Crippen LogP contribution in [0.25, 0.3) is 0 Å². The van der Waals surface area contributed by atoms with Gasteiger partial charge in [-0.2, -0.15) is 10.2 Å². The van der Waals surface area contributed by atoms with Crippen molar-refractivity contribution in [2.45, 2.75) is 44.2 Å². The highest BCUT2D eigenvalue weighted by molar-refractivity contribution is 5.11. The second kappa shape index (κ2) is 5.79. The third kappa shape index (κ3) is 2.77. The van der Waals surface area contributed by atoms with Crippen molar-refractivity contribution in [2.75, 3.05) is 7.05 Å². The Morgan fingerprint density at radius 3 is 2.70 bits per heavy atom. The quantitative estimate of drug-likeness (QED) is 0.909. The first-order valence-electron chi connectivity index (χ1n) is 7.47. The van der Waals surface area contributed by atoms with Crippen LogP contribution >= 0.6 is 0 Å². The minimum absolute atomic E-state index is 0.225. The van der Waals surface area contributed by atoms with Crippen LogP contribution in [0.4, 0.5) is 0 Å². The van der Waals surface area contributed by atoms with E-state index in [1.165, 1.54) is 25.7 Å². The molecule has 108 valence electrons. The highest BCUT2D eigenvalue weighted by Crippen LogP contribution is 2.29. The normalized spacial score (nSPS) is 17.7. The molecular weight excluding hydrogens is 250 g/mol. The SMILES string of the molecule is CNC(Cc1ccn(C2CCCC2)n1)c1ccn(C)n1. The third-order valence-corrected chi connectivity index (χ3v) is 4.22. The maximum absolute atomic E-state index is 4.75. The topological polar surface area (TPSA) is 47.7 Å². The second-order valence-corrected chi connectivity index (χ2v) is 5.69. The lowest BCUT2D eigenvalue weighted by atomic mass is 10.1. The number of hydrogen-bond donors (Lipinski definition) is 1. The van der Waals surface area contributed by atoms with E-state index in [2.05, 4.69) is 33.4 Å². The predicted molar refractivity (Wildman–Crippen MR) is 78.4 cm³/mol. The number of nitrogens with zero attached hydrogens (tertiary/aromatic N) is 4. The first kappa shape index (κ1) is 13.4. The fraction of sp³-hybridized carbons (Fsp3) is 0.600. The van der Waals surface area contributed by atoms with Gasteiger partial charge in [-0.15, -0.1) is 0 Å². The predicted octanol–water partition coefficient (Wildman–Crippen LogP) is 2.23. The van der Waals surface area contributed by atoms with Crippen LogP contribution < -0.4 is 5.32 Å². The zero-order chi connectivity index (χ0) is 13.9. The van der Waals surface area contributed by atoms with Crippen LogP contribution in [0.15, 0.2) is 24.5 Å². The van der Waals surface area contributed by atoms with Gasteiger partial charge in [0.05, 0.1) is 23.5 Å². The van der Waals surface area contributed by atoms with E-state index in [0.29, 0.717) is 6.04 Å². The lowest BCUT2D eigenvalue weighted by Crippen LogP contribution is -2.20. The molecule has 1 aliphatic carbocycles. The number of aryl methyl sites for hydroxylation is 1. The molecule has 0 amide bonds. The summed E-state index contributed by atoms with van der Waals surface area (Å²) in [6, 6.07) is 5.05. The van der Waals surface area contributed by atoms with Crippen LogP contribution in [0, 0.1) is 0 Å². The highest BCUT2D eigenvalue weighted by Gasteiger charge is 2.19. The van der Waals surface area contributed by atoms with Gasteiger partial charge in [-0.25, -0.2) is 0 Å². The summed E-state index contributed by atoms with van der Waals surface area (Å²) in [5, 5.41) is 12.6. The smallest absolute Gasteiger partial charge is 0.0797 e. The molecule has 1 N–H and O–H groups in total. The number of aromatic nitrogens is 4. The van der Waals surface area contributed by atoms with Crippen LogP contribution in [0.5, 0.6) is 0 Å². The average molecular weight is 273 g/mol. The zero-order valence-corrected chi connectivity index (χ0v) is 12.3. The number of likely N-dealkylation sites (N-methyl/N-ethyl adjacent to an activating group) is 1. The fourth-order valence-electron chi connectivity index (χ4n) is 3.04. The van der Waals surface area contributed by atoms with E-state index < -0.39 is 0 Å². The van der Waals surface area contributed by atoms with Gasteiger partial charge < -0.3 is 5.32 Å². The number of nitrogens with one attached hydrogen (secondary N) is 1. The molecule has 5 nitrogen and oxygen atoms in total. The van der Waals surface area contributed by atoms with E-state index in [9.17, 15) is 0 Å². The van der Waals surface area contributed by atoms with Crippen molar-refractivity contribution in [1.82, 2.24) is 24.9 Å². The minimum Gasteiger partial charge on any atom is -0.311 e. The molecule has 0 aliphatic heterocycles. The van der Waals surface area contributed by atoms with Gasteiger partial charge in [0.15, 0.2) is 0 Å². The van der Waals surface area contributed by atoms with Gasteiger partial charge in [0, 0.05) is 25.9 Å². The Morgan fingerprint density at radius 1 is 1.25 bits per heavy atom. The maximum atomic E-state index is 4.75. The number of rotatable bonds is 5. The largest absolute Gasteiger partial charge is 0.311 e. The molecule has 0 bridgehead atoms. The van der Waals surface area contributed by atoms with Crippen LogP contribution in [-0.2, 0) is 13.5 Å².